The van der Waals surface area contributed by atoms with E-state index in [-0.39, 0.29) is 27.6 Å². The van der Waals surface area contributed by atoms with Crippen molar-refractivity contribution in [3.63, 3.8) is 0 Å². The van der Waals surface area contributed by atoms with Crippen molar-refractivity contribution in [2.75, 3.05) is 11.8 Å². The van der Waals surface area contributed by atoms with Crippen molar-refractivity contribution < 1.29 is 33.3 Å². The molecular weight excluding hydrogens is 398 g/mol. The van der Waals surface area contributed by atoms with Crippen LogP contribution in [0.2, 0.25) is 0 Å². The first-order valence-corrected chi connectivity index (χ1v) is 9.76. The number of aromatic carboxylic acids is 1. The molecule has 0 aliphatic heterocycles. The summed E-state index contributed by atoms with van der Waals surface area (Å²) >= 11 is 0. The minimum Gasteiger partial charge on any atom is -0.507 e. The number of rotatable bonds is 6. The van der Waals surface area contributed by atoms with Crippen LogP contribution < -0.4 is 9.46 Å². The number of carboxylic acids is 1. The first-order chi connectivity index (χ1) is 13.7. The van der Waals surface area contributed by atoms with Crippen LogP contribution in [0.15, 0.2) is 65.6 Å². The van der Waals surface area contributed by atoms with Gasteiger partial charge in [0.25, 0.3) is 10.0 Å². The van der Waals surface area contributed by atoms with Crippen LogP contribution in [0.5, 0.6) is 17.2 Å². The lowest BCUT2D eigenvalue weighted by atomic mass is 10.1. The van der Waals surface area contributed by atoms with Crippen LogP contribution in [-0.2, 0) is 10.0 Å². The molecule has 0 aromatic heterocycles. The Morgan fingerprint density at radius 2 is 1.66 bits per heavy atom. The molecule has 0 heterocycles. The Morgan fingerprint density at radius 1 is 0.931 bits per heavy atom. The Labute approximate surface area is 166 Å². The Balaban J connectivity index is 1.93. The summed E-state index contributed by atoms with van der Waals surface area (Å²) in [5, 5.41) is 28.4. The predicted molar refractivity (Wildman–Crippen MR) is 106 cm³/mol. The third kappa shape index (κ3) is 4.25. The number of carboxylic acid groups (broad SMARTS) is 1. The van der Waals surface area contributed by atoms with E-state index < -0.39 is 21.7 Å². The molecule has 0 saturated carbocycles. The van der Waals surface area contributed by atoms with Crippen LogP contribution in [0.1, 0.15) is 10.4 Å². The van der Waals surface area contributed by atoms with Gasteiger partial charge < -0.3 is 20.1 Å². The molecule has 29 heavy (non-hydrogen) atoms. The lowest BCUT2D eigenvalue weighted by molar-refractivity contribution is 0.0693. The van der Waals surface area contributed by atoms with Gasteiger partial charge >= 0.3 is 5.97 Å². The molecule has 3 aromatic rings. The number of aromatic hydroxyl groups is 2. The maximum Gasteiger partial charge on any atom is 0.339 e. The summed E-state index contributed by atoms with van der Waals surface area (Å²) in [6, 6.07) is 14.1. The minimum absolute atomic E-state index is 0.0178. The van der Waals surface area contributed by atoms with Crippen LogP contribution >= 0.6 is 0 Å². The van der Waals surface area contributed by atoms with Crippen molar-refractivity contribution in [3.05, 3.63) is 66.2 Å². The summed E-state index contributed by atoms with van der Waals surface area (Å²) in [6.07, 6.45) is 0. The molecule has 0 aliphatic rings. The number of methoxy groups -OCH3 is 1. The normalized spacial score (nSPS) is 11.1. The molecule has 150 valence electrons. The van der Waals surface area contributed by atoms with Gasteiger partial charge in [0, 0.05) is 6.07 Å². The zero-order chi connectivity index (χ0) is 21.2. The molecule has 9 heteroatoms. The number of nitrogens with one attached hydrogen (secondary N) is 1. The fraction of sp³-hybridized carbons (Fsp3) is 0.0500. The Hall–Kier alpha value is -3.72. The van der Waals surface area contributed by atoms with E-state index in [4.69, 9.17) is 9.84 Å². The number of carbonyl (C=O) groups is 1. The standard InChI is InChI=1S/C20H17NO7S/c1-28-19-10-13(5-8-17(19)22)12-3-2-4-15(9-12)29(26,27)21-14-6-7-16(20(24)25)18(23)11-14/h2-11,21-23H,1H3,(H,24,25). The molecule has 0 unspecified atom stereocenters. The zero-order valence-corrected chi connectivity index (χ0v) is 16.0. The second-order valence-corrected chi connectivity index (χ2v) is 7.74. The molecule has 0 aliphatic carbocycles. The maximum absolute atomic E-state index is 12.7. The van der Waals surface area contributed by atoms with Gasteiger partial charge in [-0.05, 0) is 47.5 Å². The summed E-state index contributed by atoms with van der Waals surface area (Å²) in [5.74, 6) is -1.66. The molecule has 0 bridgehead atoms. The number of phenolic OH excluding ortho intramolecular Hbond substituents is 1. The van der Waals surface area contributed by atoms with Gasteiger partial charge in [-0.15, -0.1) is 0 Å². The SMILES string of the molecule is COc1cc(-c2cccc(S(=O)(=O)Nc3ccc(C(=O)O)c(O)c3)c2)ccc1O. The number of ether oxygens (including phenoxy) is 1. The van der Waals surface area contributed by atoms with Crippen molar-refractivity contribution in [1.82, 2.24) is 0 Å². The summed E-state index contributed by atoms with van der Waals surface area (Å²) in [4.78, 5) is 10.9. The summed E-state index contributed by atoms with van der Waals surface area (Å²) in [5.41, 5.74) is 0.899. The molecule has 0 atom stereocenters. The Kier molecular flexibility index (Phi) is 5.33. The molecule has 8 nitrogen and oxygen atoms in total. The molecule has 0 spiro atoms. The largest absolute Gasteiger partial charge is 0.507 e. The van der Waals surface area contributed by atoms with Crippen LogP contribution in [0, 0.1) is 0 Å². The van der Waals surface area contributed by atoms with Gasteiger partial charge in [0.1, 0.15) is 11.3 Å². The van der Waals surface area contributed by atoms with Crippen LogP contribution in [0.25, 0.3) is 11.1 Å². The van der Waals surface area contributed by atoms with E-state index in [1.807, 2.05) is 0 Å². The monoisotopic (exact) mass is 415 g/mol. The van der Waals surface area contributed by atoms with Crippen molar-refractivity contribution in [2.45, 2.75) is 4.90 Å². The second-order valence-electron chi connectivity index (χ2n) is 6.06. The van der Waals surface area contributed by atoms with E-state index in [1.165, 1.54) is 31.4 Å². The summed E-state index contributed by atoms with van der Waals surface area (Å²) < 4.78 is 32.8. The lowest BCUT2D eigenvalue weighted by Gasteiger charge is -2.11. The number of phenols is 2. The van der Waals surface area contributed by atoms with Crippen molar-refractivity contribution in [2.24, 2.45) is 0 Å². The fourth-order valence-electron chi connectivity index (χ4n) is 2.69. The number of hydrogen-bond acceptors (Lipinski definition) is 6. The molecule has 0 radical (unpaired) electrons. The lowest BCUT2D eigenvalue weighted by Crippen LogP contribution is -2.13. The minimum atomic E-state index is -4.01. The van der Waals surface area contributed by atoms with Gasteiger partial charge in [-0.3, -0.25) is 4.72 Å². The van der Waals surface area contributed by atoms with E-state index >= 15 is 0 Å². The molecule has 0 amide bonds. The van der Waals surface area contributed by atoms with E-state index in [0.29, 0.717) is 11.1 Å². The van der Waals surface area contributed by atoms with E-state index in [9.17, 15) is 23.4 Å². The highest BCUT2D eigenvalue weighted by Crippen LogP contribution is 2.32. The molecule has 0 saturated heterocycles. The summed E-state index contributed by atoms with van der Waals surface area (Å²) in [6.45, 7) is 0. The second kappa shape index (κ2) is 7.72. The quantitative estimate of drug-likeness (QED) is 0.485. The van der Waals surface area contributed by atoms with Crippen LogP contribution in [-0.4, -0.2) is 36.8 Å². The van der Waals surface area contributed by atoms with Gasteiger partial charge in [-0.2, -0.15) is 0 Å². The highest BCUT2D eigenvalue weighted by Gasteiger charge is 2.17. The Morgan fingerprint density at radius 3 is 2.31 bits per heavy atom. The summed E-state index contributed by atoms with van der Waals surface area (Å²) in [7, 11) is -2.60. The average molecular weight is 415 g/mol. The van der Waals surface area contributed by atoms with Crippen LogP contribution in [0.4, 0.5) is 5.69 Å². The molecular formula is C20H17NO7S. The molecule has 3 aromatic carbocycles. The topological polar surface area (TPSA) is 133 Å². The molecule has 4 N–H and O–H groups in total. The number of sulfonamides is 1. The first-order valence-electron chi connectivity index (χ1n) is 8.28. The molecule has 0 fully saturated rings. The van der Waals surface area contributed by atoms with Gasteiger partial charge in [0.15, 0.2) is 11.5 Å². The third-order valence-corrected chi connectivity index (χ3v) is 5.52. The highest BCUT2D eigenvalue weighted by molar-refractivity contribution is 7.92. The van der Waals surface area contributed by atoms with Crippen molar-refractivity contribution >= 4 is 21.7 Å². The van der Waals surface area contributed by atoms with E-state index in [1.54, 1.807) is 24.3 Å². The Bertz CT molecular complexity index is 1190. The van der Waals surface area contributed by atoms with Crippen molar-refractivity contribution in [1.29, 1.82) is 0 Å². The fourth-order valence-corrected chi connectivity index (χ4v) is 3.79. The van der Waals surface area contributed by atoms with E-state index in [2.05, 4.69) is 4.72 Å². The molecule has 3 rings (SSSR count). The van der Waals surface area contributed by atoms with Crippen LogP contribution in [0.3, 0.4) is 0 Å². The average Bonchev–Trinajstić information content (AvgIpc) is 2.68. The first kappa shape index (κ1) is 20.0. The van der Waals surface area contributed by atoms with Gasteiger partial charge in [-0.1, -0.05) is 18.2 Å². The maximum atomic E-state index is 12.7. The smallest absolute Gasteiger partial charge is 0.339 e. The number of hydrogen-bond donors (Lipinski definition) is 4. The number of anilines is 1. The van der Waals surface area contributed by atoms with Gasteiger partial charge in [-0.25, -0.2) is 13.2 Å². The predicted octanol–water partition coefficient (Wildman–Crippen LogP) is 3.27. The number of benzene rings is 3. The van der Waals surface area contributed by atoms with Gasteiger partial charge in [0.2, 0.25) is 0 Å². The van der Waals surface area contributed by atoms with Gasteiger partial charge in [0.05, 0.1) is 17.7 Å². The van der Waals surface area contributed by atoms with E-state index in [0.717, 1.165) is 12.1 Å². The highest BCUT2D eigenvalue weighted by atomic mass is 32.2. The third-order valence-electron chi connectivity index (χ3n) is 4.14. The zero-order valence-electron chi connectivity index (χ0n) is 15.2. The van der Waals surface area contributed by atoms with Crippen molar-refractivity contribution in [3.8, 4) is 28.4 Å².